The van der Waals surface area contributed by atoms with Crippen LogP contribution in [0.1, 0.15) is 16.1 Å². The van der Waals surface area contributed by atoms with Crippen LogP contribution in [0.2, 0.25) is 0 Å². The van der Waals surface area contributed by atoms with Crippen molar-refractivity contribution in [1.29, 1.82) is 0 Å². The van der Waals surface area contributed by atoms with Crippen LogP contribution in [-0.2, 0) is 11.3 Å². The van der Waals surface area contributed by atoms with Gasteiger partial charge in [0.2, 0.25) is 0 Å². The molecule has 1 aromatic heterocycles. The summed E-state index contributed by atoms with van der Waals surface area (Å²) in [6.07, 6.45) is 0. The number of hydrogen-bond acceptors (Lipinski definition) is 5. The molecule has 7 nitrogen and oxygen atoms in total. The van der Waals surface area contributed by atoms with Crippen LogP contribution < -0.4 is 16.2 Å². The molecule has 25 heavy (non-hydrogen) atoms. The number of halogens is 1. The van der Waals surface area contributed by atoms with Gasteiger partial charge in [-0.05, 0) is 11.6 Å². The third-order valence-electron chi connectivity index (χ3n) is 3.34. The molecule has 2 aromatic rings. The number of rotatable bonds is 9. The summed E-state index contributed by atoms with van der Waals surface area (Å²) in [7, 11) is 1.64. The minimum Gasteiger partial charge on any atom is -0.383 e. The second-order valence-corrected chi connectivity index (χ2v) is 5.20. The molecular weight excluding hydrogens is 344 g/mol. The van der Waals surface area contributed by atoms with Crippen LogP contribution in [0.4, 0.5) is 0 Å². The maximum atomic E-state index is 12.1. The third-order valence-corrected chi connectivity index (χ3v) is 3.34. The molecule has 0 spiro atoms. The van der Waals surface area contributed by atoms with Crippen molar-refractivity contribution in [3.05, 3.63) is 64.1 Å². The fourth-order valence-corrected chi connectivity index (χ4v) is 2.09. The summed E-state index contributed by atoms with van der Waals surface area (Å²) in [4.78, 5) is 24.0. The van der Waals surface area contributed by atoms with Crippen molar-refractivity contribution in [3.8, 4) is 0 Å². The highest BCUT2D eigenvalue weighted by atomic mass is 35.5. The van der Waals surface area contributed by atoms with Crippen molar-refractivity contribution < 1.29 is 9.53 Å². The zero-order valence-corrected chi connectivity index (χ0v) is 14.9. The van der Waals surface area contributed by atoms with Gasteiger partial charge in [0, 0.05) is 32.8 Å². The van der Waals surface area contributed by atoms with Crippen LogP contribution in [0.5, 0.6) is 0 Å². The van der Waals surface area contributed by atoms with Crippen LogP contribution in [0.3, 0.4) is 0 Å². The van der Waals surface area contributed by atoms with Gasteiger partial charge in [-0.15, -0.1) is 12.4 Å². The maximum absolute atomic E-state index is 12.1. The molecular formula is C17H23ClN4O3. The van der Waals surface area contributed by atoms with Gasteiger partial charge in [-0.3, -0.25) is 9.59 Å². The third kappa shape index (κ3) is 7.04. The average molecular weight is 367 g/mol. The fraction of sp³-hybridized carbons (Fsp3) is 0.353. The highest BCUT2D eigenvalue weighted by Gasteiger charge is 2.09. The van der Waals surface area contributed by atoms with E-state index in [1.807, 2.05) is 30.3 Å². The first-order valence-corrected chi connectivity index (χ1v) is 7.80. The van der Waals surface area contributed by atoms with Gasteiger partial charge in [0.25, 0.3) is 11.5 Å². The summed E-state index contributed by atoms with van der Waals surface area (Å²) in [5.74, 6) is -0.301. The van der Waals surface area contributed by atoms with Gasteiger partial charge >= 0.3 is 0 Å². The van der Waals surface area contributed by atoms with Crippen LogP contribution >= 0.6 is 12.4 Å². The number of nitrogens with one attached hydrogen (secondary N) is 2. The highest BCUT2D eigenvalue weighted by molar-refractivity contribution is 5.91. The lowest BCUT2D eigenvalue weighted by Crippen LogP contribution is -2.34. The monoisotopic (exact) mass is 366 g/mol. The Kier molecular flexibility index (Phi) is 9.46. The topological polar surface area (TPSA) is 85.3 Å². The standard InChI is InChI=1S/C17H22N4O3.ClH/c1-24-12-11-18-9-10-19-17(23)15-7-8-16(22)21(20-15)13-14-5-3-2-4-6-14;/h2-8,18H,9-13H2,1H3,(H,19,23);1H. The van der Waals surface area contributed by atoms with Gasteiger partial charge in [-0.25, -0.2) is 4.68 Å². The van der Waals surface area contributed by atoms with E-state index in [1.165, 1.54) is 16.8 Å². The molecule has 0 fully saturated rings. The van der Waals surface area contributed by atoms with Gasteiger partial charge in [-0.2, -0.15) is 5.10 Å². The first kappa shape index (κ1) is 20.8. The van der Waals surface area contributed by atoms with Gasteiger partial charge < -0.3 is 15.4 Å². The summed E-state index contributed by atoms with van der Waals surface area (Å²) in [6.45, 7) is 2.80. The van der Waals surface area contributed by atoms with E-state index in [9.17, 15) is 9.59 Å². The molecule has 0 saturated carbocycles. The van der Waals surface area contributed by atoms with E-state index < -0.39 is 0 Å². The van der Waals surface area contributed by atoms with Crippen LogP contribution in [-0.4, -0.2) is 49.0 Å². The SMILES string of the molecule is COCCNCCNC(=O)c1ccc(=O)n(Cc2ccccc2)n1.Cl. The molecule has 0 aliphatic carbocycles. The lowest BCUT2D eigenvalue weighted by molar-refractivity contribution is 0.0946. The Morgan fingerprint density at radius 2 is 1.88 bits per heavy atom. The molecule has 2 N–H and O–H groups in total. The zero-order chi connectivity index (χ0) is 17.2. The fourth-order valence-electron chi connectivity index (χ4n) is 2.09. The summed E-state index contributed by atoms with van der Waals surface area (Å²) >= 11 is 0. The largest absolute Gasteiger partial charge is 0.383 e. The molecule has 136 valence electrons. The summed E-state index contributed by atoms with van der Waals surface area (Å²) in [5.41, 5.74) is 0.936. The normalized spacial score (nSPS) is 10.1. The van der Waals surface area contributed by atoms with Gasteiger partial charge in [0.05, 0.1) is 13.2 Å². The zero-order valence-electron chi connectivity index (χ0n) is 14.1. The molecule has 1 heterocycles. The van der Waals surface area contributed by atoms with Crippen LogP contribution in [0.25, 0.3) is 0 Å². The number of benzene rings is 1. The number of ether oxygens (including phenoxy) is 1. The number of amides is 1. The van der Waals surface area contributed by atoms with Gasteiger partial charge in [0.15, 0.2) is 0 Å². The summed E-state index contributed by atoms with van der Waals surface area (Å²) in [6, 6.07) is 12.3. The molecule has 1 aromatic carbocycles. The van der Waals surface area contributed by atoms with Crippen molar-refractivity contribution in [1.82, 2.24) is 20.4 Å². The smallest absolute Gasteiger partial charge is 0.271 e. The Labute approximate surface area is 152 Å². The van der Waals surface area contributed by atoms with E-state index in [0.29, 0.717) is 26.2 Å². The second-order valence-electron chi connectivity index (χ2n) is 5.20. The number of aromatic nitrogens is 2. The van der Waals surface area contributed by atoms with Crippen LogP contribution in [0, 0.1) is 0 Å². The number of carbonyl (C=O) groups is 1. The lowest BCUT2D eigenvalue weighted by atomic mass is 10.2. The quantitative estimate of drug-likeness (QED) is 0.637. The Morgan fingerprint density at radius 3 is 2.60 bits per heavy atom. The molecule has 0 aliphatic heterocycles. The number of nitrogens with zero attached hydrogens (tertiary/aromatic N) is 2. The molecule has 0 bridgehead atoms. The highest BCUT2D eigenvalue weighted by Crippen LogP contribution is 2.00. The molecule has 0 unspecified atom stereocenters. The molecule has 0 radical (unpaired) electrons. The van der Waals surface area contributed by atoms with E-state index >= 15 is 0 Å². The predicted molar refractivity (Wildman–Crippen MR) is 98.4 cm³/mol. The average Bonchev–Trinajstić information content (AvgIpc) is 2.60. The van der Waals surface area contributed by atoms with Crippen molar-refractivity contribution in [2.45, 2.75) is 6.54 Å². The van der Waals surface area contributed by atoms with E-state index in [2.05, 4.69) is 15.7 Å². The van der Waals surface area contributed by atoms with Crippen molar-refractivity contribution in [3.63, 3.8) is 0 Å². The van der Waals surface area contributed by atoms with Crippen molar-refractivity contribution in [2.75, 3.05) is 33.4 Å². The predicted octanol–water partition coefficient (Wildman–Crippen LogP) is 0.679. The van der Waals surface area contributed by atoms with E-state index in [4.69, 9.17) is 4.74 Å². The Morgan fingerprint density at radius 1 is 1.12 bits per heavy atom. The van der Waals surface area contributed by atoms with Crippen molar-refractivity contribution in [2.24, 2.45) is 0 Å². The second kappa shape index (κ2) is 11.4. The van der Waals surface area contributed by atoms with Crippen molar-refractivity contribution >= 4 is 18.3 Å². The molecule has 2 rings (SSSR count). The summed E-state index contributed by atoms with van der Waals surface area (Å²) in [5, 5.41) is 10.0. The summed E-state index contributed by atoms with van der Waals surface area (Å²) < 4.78 is 6.21. The number of methoxy groups -OCH3 is 1. The Bertz CT molecular complexity index is 707. The van der Waals surface area contributed by atoms with Gasteiger partial charge in [-0.1, -0.05) is 30.3 Å². The number of carbonyl (C=O) groups excluding carboxylic acids is 1. The van der Waals surface area contributed by atoms with E-state index in [0.717, 1.165) is 12.1 Å². The molecule has 8 heteroatoms. The first-order chi connectivity index (χ1) is 11.7. The number of hydrogen-bond donors (Lipinski definition) is 2. The molecule has 1 amide bonds. The lowest BCUT2D eigenvalue weighted by Gasteiger charge is -2.08. The molecule has 0 atom stereocenters. The Balaban J connectivity index is 0.00000312. The maximum Gasteiger partial charge on any atom is 0.271 e. The van der Waals surface area contributed by atoms with Crippen LogP contribution in [0.15, 0.2) is 47.3 Å². The minimum atomic E-state index is -0.301. The van der Waals surface area contributed by atoms with E-state index in [1.54, 1.807) is 7.11 Å². The Hall–Kier alpha value is -2.22. The molecule has 0 saturated heterocycles. The first-order valence-electron chi connectivity index (χ1n) is 7.80. The molecule has 0 aliphatic rings. The van der Waals surface area contributed by atoms with E-state index in [-0.39, 0.29) is 29.6 Å². The minimum absolute atomic E-state index is 0. The van der Waals surface area contributed by atoms with Gasteiger partial charge in [0.1, 0.15) is 5.69 Å².